The Bertz CT molecular complexity index is 1280. The van der Waals surface area contributed by atoms with Crippen molar-refractivity contribution in [1.82, 2.24) is 19.9 Å². The summed E-state index contributed by atoms with van der Waals surface area (Å²) in [5.74, 6) is 0.400. The first-order valence-corrected chi connectivity index (χ1v) is 10.6. The number of benzene rings is 2. The second-order valence-electron chi connectivity index (χ2n) is 7.84. The molecular formula is C24H21N5O4. The normalized spacial score (nSPS) is 14.4. The van der Waals surface area contributed by atoms with Gasteiger partial charge in [0.25, 0.3) is 5.88 Å². The summed E-state index contributed by atoms with van der Waals surface area (Å²) in [6.45, 7) is 1.13. The molecule has 0 amide bonds. The van der Waals surface area contributed by atoms with Gasteiger partial charge in [-0.25, -0.2) is 15.0 Å². The molecule has 166 valence electrons. The Hall–Kier alpha value is -4.27. The zero-order chi connectivity index (χ0) is 22.8. The molecule has 5 rings (SSSR count). The number of ketones is 1. The number of para-hydroxylation sites is 2. The van der Waals surface area contributed by atoms with Crippen molar-refractivity contribution in [2.75, 3.05) is 18.0 Å². The van der Waals surface area contributed by atoms with Crippen LogP contribution in [0.25, 0.3) is 11.0 Å². The van der Waals surface area contributed by atoms with Crippen LogP contribution < -0.4 is 9.64 Å². The van der Waals surface area contributed by atoms with E-state index in [4.69, 9.17) is 4.74 Å². The maximum Gasteiger partial charge on any atom is 0.306 e. The smallest absolute Gasteiger partial charge is 0.306 e. The van der Waals surface area contributed by atoms with Crippen molar-refractivity contribution in [2.24, 2.45) is 5.92 Å². The molecule has 0 unspecified atom stereocenters. The van der Waals surface area contributed by atoms with Crippen LogP contribution >= 0.6 is 0 Å². The summed E-state index contributed by atoms with van der Waals surface area (Å²) in [4.78, 5) is 42.1. The largest absolute Gasteiger partial charge is 0.481 e. The van der Waals surface area contributed by atoms with Crippen LogP contribution in [0.4, 0.5) is 5.82 Å². The van der Waals surface area contributed by atoms with Gasteiger partial charge in [0.15, 0.2) is 11.6 Å². The van der Waals surface area contributed by atoms with E-state index in [1.165, 1.54) is 0 Å². The first-order valence-electron chi connectivity index (χ1n) is 10.6. The number of hydrogen-bond acceptors (Lipinski definition) is 7. The minimum absolute atomic E-state index is 0.209. The molecule has 0 aliphatic carbocycles. The number of aromatic amines is 1. The Morgan fingerprint density at radius 2 is 1.73 bits per heavy atom. The maximum absolute atomic E-state index is 12.8. The van der Waals surface area contributed by atoms with Gasteiger partial charge in [-0.3, -0.25) is 9.59 Å². The Balaban J connectivity index is 1.31. The van der Waals surface area contributed by atoms with Gasteiger partial charge in [0, 0.05) is 31.0 Å². The third-order valence-corrected chi connectivity index (χ3v) is 5.73. The van der Waals surface area contributed by atoms with Gasteiger partial charge < -0.3 is 19.7 Å². The number of fused-ring (bicyclic) bond motifs is 1. The van der Waals surface area contributed by atoms with Crippen molar-refractivity contribution >= 4 is 28.6 Å². The summed E-state index contributed by atoms with van der Waals surface area (Å²) in [5.41, 5.74) is 2.03. The molecule has 33 heavy (non-hydrogen) atoms. The molecule has 0 atom stereocenters. The number of carboxylic acid groups (broad SMARTS) is 1. The van der Waals surface area contributed by atoms with Crippen LogP contribution in [0.2, 0.25) is 0 Å². The number of carboxylic acids is 1. The molecule has 1 saturated heterocycles. The quantitative estimate of drug-likeness (QED) is 0.433. The van der Waals surface area contributed by atoms with Crippen molar-refractivity contribution < 1.29 is 19.4 Å². The standard InChI is InChI=1S/C24H21N5O4/c30-20(21-27-18-3-1-2-4-19(18)28-21)15-5-7-17(8-6-15)33-23-22(25-11-12-26-23)29-13-9-16(10-14-29)24(31)32/h1-8,11-12,16H,9-10,13-14H2,(H,27,28)(H,31,32). The highest BCUT2D eigenvalue weighted by Gasteiger charge is 2.27. The van der Waals surface area contributed by atoms with Gasteiger partial charge in [-0.15, -0.1) is 0 Å². The van der Waals surface area contributed by atoms with E-state index < -0.39 is 5.97 Å². The lowest BCUT2D eigenvalue weighted by molar-refractivity contribution is -0.142. The van der Waals surface area contributed by atoms with Crippen LogP contribution in [0.1, 0.15) is 29.0 Å². The lowest BCUT2D eigenvalue weighted by Gasteiger charge is -2.31. The number of aliphatic carboxylic acids is 1. The molecule has 9 nitrogen and oxygen atoms in total. The second kappa shape index (κ2) is 8.70. The van der Waals surface area contributed by atoms with Crippen molar-refractivity contribution in [3.63, 3.8) is 0 Å². The number of nitrogens with zero attached hydrogens (tertiary/aromatic N) is 4. The Morgan fingerprint density at radius 3 is 2.45 bits per heavy atom. The van der Waals surface area contributed by atoms with Crippen molar-refractivity contribution in [1.29, 1.82) is 0 Å². The van der Waals surface area contributed by atoms with Crippen LogP contribution in [0.15, 0.2) is 60.9 Å². The Kier molecular flexibility index (Phi) is 5.43. The van der Waals surface area contributed by atoms with E-state index in [1.807, 2.05) is 29.2 Å². The zero-order valence-corrected chi connectivity index (χ0v) is 17.6. The fourth-order valence-electron chi connectivity index (χ4n) is 3.93. The van der Waals surface area contributed by atoms with Gasteiger partial charge in [-0.1, -0.05) is 12.1 Å². The number of nitrogens with one attached hydrogen (secondary N) is 1. The predicted molar refractivity (Wildman–Crippen MR) is 121 cm³/mol. The number of aromatic nitrogens is 4. The van der Waals surface area contributed by atoms with Gasteiger partial charge in [-0.2, -0.15) is 0 Å². The van der Waals surface area contributed by atoms with Crippen LogP contribution in [0.3, 0.4) is 0 Å². The molecule has 9 heteroatoms. The van der Waals surface area contributed by atoms with Crippen LogP contribution in [0.5, 0.6) is 11.6 Å². The molecule has 0 bridgehead atoms. The molecule has 0 radical (unpaired) electrons. The third-order valence-electron chi connectivity index (χ3n) is 5.73. The molecule has 3 heterocycles. The maximum atomic E-state index is 12.8. The number of imidazole rings is 1. The summed E-state index contributed by atoms with van der Waals surface area (Å²) in [6, 6.07) is 14.2. The molecule has 1 aliphatic rings. The molecular weight excluding hydrogens is 422 g/mol. The SMILES string of the molecule is O=C(c1ccc(Oc2nccnc2N2CCC(C(=O)O)CC2)cc1)c1nc2ccccc2[nH]1. The monoisotopic (exact) mass is 443 g/mol. The van der Waals surface area contributed by atoms with Crippen molar-refractivity contribution in [3.8, 4) is 11.6 Å². The van der Waals surface area contributed by atoms with Crippen LogP contribution in [-0.4, -0.2) is 49.9 Å². The first-order chi connectivity index (χ1) is 16.1. The minimum atomic E-state index is -0.762. The lowest BCUT2D eigenvalue weighted by Crippen LogP contribution is -2.37. The minimum Gasteiger partial charge on any atom is -0.481 e. The summed E-state index contributed by atoms with van der Waals surface area (Å²) < 4.78 is 5.96. The summed E-state index contributed by atoms with van der Waals surface area (Å²) in [7, 11) is 0. The van der Waals surface area contributed by atoms with Gasteiger partial charge in [0.1, 0.15) is 5.75 Å². The Labute approximate surface area is 189 Å². The first kappa shape index (κ1) is 20.6. The number of H-pyrrole nitrogens is 1. The number of rotatable bonds is 6. The van der Waals surface area contributed by atoms with Gasteiger partial charge >= 0.3 is 5.97 Å². The number of carbonyl (C=O) groups is 2. The van der Waals surface area contributed by atoms with Crippen LogP contribution in [0, 0.1) is 5.92 Å². The molecule has 2 aromatic heterocycles. The van der Waals surface area contributed by atoms with E-state index in [-0.39, 0.29) is 17.5 Å². The molecule has 0 saturated carbocycles. The average Bonchev–Trinajstić information content (AvgIpc) is 3.29. The van der Waals surface area contributed by atoms with Gasteiger partial charge in [-0.05, 0) is 49.2 Å². The average molecular weight is 443 g/mol. The van der Waals surface area contributed by atoms with Crippen LogP contribution in [-0.2, 0) is 4.79 Å². The molecule has 1 aliphatic heterocycles. The third kappa shape index (κ3) is 4.25. The number of ether oxygens (including phenoxy) is 1. The molecule has 4 aromatic rings. The summed E-state index contributed by atoms with van der Waals surface area (Å²) in [5, 5.41) is 9.21. The van der Waals surface area contributed by atoms with E-state index in [9.17, 15) is 14.7 Å². The molecule has 2 aromatic carbocycles. The Morgan fingerprint density at radius 1 is 1.00 bits per heavy atom. The van der Waals surface area contributed by atoms with E-state index >= 15 is 0 Å². The molecule has 1 fully saturated rings. The van der Waals surface area contributed by atoms with E-state index in [0.717, 1.165) is 11.0 Å². The zero-order valence-electron chi connectivity index (χ0n) is 17.6. The second-order valence-corrected chi connectivity index (χ2v) is 7.84. The van der Waals surface area contributed by atoms with E-state index in [2.05, 4.69) is 19.9 Å². The summed E-state index contributed by atoms with van der Waals surface area (Å²) in [6.07, 6.45) is 4.22. The highest BCUT2D eigenvalue weighted by molar-refractivity contribution is 6.08. The fourth-order valence-corrected chi connectivity index (χ4v) is 3.93. The molecule has 0 spiro atoms. The molecule has 2 N–H and O–H groups in total. The van der Waals surface area contributed by atoms with Crippen molar-refractivity contribution in [3.05, 3.63) is 72.3 Å². The number of carbonyl (C=O) groups excluding carboxylic acids is 1. The highest BCUT2D eigenvalue weighted by atomic mass is 16.5. The number of anilines is 1. The van der Waals surface area contributed by atoms with E-state index in [0.29, 0.717) is 48.9 Å². The number of piperidine rings is 1. The lowest BCUT2D eigenvalue weighted by atomic mass is 9.97. The van der Waals surface area contributed by atoms with Crippen molar-refractivity contribution in [2.45, 2.75) is 12.8 Å². The fraction of sp³-hybridized carbons (Fsp3) is 0.208. The van der Waals surface area contributed by atoms with E-state index in [1.54, 1.807) is 36.7 Å². The topological polar surface area (TPSA) is 121 Å². The highest BCUT2D eigenvalue weighted by Crippen LogP contribution is 2.31. The number of hydrogen-bond donors (Lipinski definition) is 2. The van der Waals surface area contributed by atoms with Gasteiger partial charge in [0.2, 0.25) is 5.78 Å². The van der Waals surface area contributed by atoms with Gasteiger partial charge in [0.05, 0.1) is 17.0 Å². The summed E-state index contributed by atoms with van der Waals surface area (Å²) >= 11 is 0. The predicted octanol–water partition coefficient (Wildman–Crippen LogP) is 3.68.